The first kappa shape index (κ1) is 8.10. The van der Waals surface area contributed by atoms with Gasteiger partial charge in [0, 0.05) is 22.7 Å². The van der Waals surface area contributed by atoms with Crippen molar-refractivity contribution >= 4 is 10.8 Å². The predicted octanol–water partition coefficient (Wildman–Crippen LogP) is 3.61. The van der Waals surface area contributed by atoms with Gasteiger partial charge in [0.1, 0.15) is 0 Å². The van der Waals surface area contributed by atoms with Crippen molar-refractivity contribution < 1.29 is 0 Å². The fraction of sp³-hybridized carbons (Fsp3) is 0.385. The highest BCUT2D eigenvalue weighted by Gasteiger charge is 2.35. The van der Waals surface area contributed by atoms with Gasteiger partial charge < -0.3 is 4.98 Å². The minimum Gasteiger partial charge on any atom is -0.363 e. The summed E-state index contributed by atoms with van der Waals surface area (Å²) >= 11 is 0. The van der Waals surface area contributed by atoms with Gasteiger partial charge >= 0.3 is 0 Å². The van der Waals surface area contributed by atoms with Crippen LogP contribution in [-0.4, -0.2) is 4.98 Å². The molecule has 1 fully saturated rings. The molecular weight excluding hydrogens is 170 g/mol. The quantitative estimate of drug-likeness (QED) is 0.698. The monoisotopic (exact) mass is 185 g/mol. The molecule has 2 aromatic rings. The van der Waals surface area contributed by atoms with Gasteiger partial charge in [-0.25, -0.2) is 0 Å². The summed E-state index contributed by atoms with van der Waals surface area (Å²) < 4.78 is 0. The predicted molar refractivity (Wildman–Crippen MR) is 59.5 cm³/mol. The van der Waals surface area contributed by atoms with Gasteiger partial charge in [0.15, 0.2) is 0 Å². The molecule has 0 amide bonds. The molecule has 1 heterocycles. The third kappa shape index (κ3) is 0.955. The fourth-order valence-corrected chi connectivity index (χ4v) is 2.53. The Balaban J connectivity index is 2.22. The third-order valence-electron chi connectivity index (χ3n) is 3.66. The minimum absolute atomic E-state index is 0.420. The molecule has 0 atom stereocenters. The van der Waals surface area contributed by atoms with Gasteiger partial charge in [-0.15, -0.1) is 0 Å². The Morgan fingerprint density at radius 3 is 2.71 bits per heavy atom. The molecule has 1 saturated carbocycles. The SMILES string of the molecule is CC1(c2[nH]cc3ccccc23)CCC1. The molecule has 3 rings (SSSR count). The number of H-pyrrole nitrogens is 1. The molecule has 0 saturated heterocycles. The molecular formula is C13H15N. The van der Waals surface area contributed by atoms with Crippen molar-refractivity contribution in [3.05, 3.63) is 36.2 Å². The van der Waals surface area contributed by atoms with E-state index in [9.17, 15) is 0 Å². The summed E-state index contributed by atoms with van der Waals surface area (Å²) in [5, 5.41) is 2.75. The molecule has 0 aliphatic heterocycles. The lowest BCUT2D eigenvalue weighted by Gasteiger charge is -2.38. The molecule has 0 unspecified atom stereocenters. The maximum atomic E-state index is 3.46. The van der Waals surface area contributed by atoms with E-state index in [0.29, 0.717) is 5.41 Å². The van der Waals surface area contributed by atoms with Gasteiger partial charge in [-0.3, -0.25) is 0 Å². The average Bonchev–Trinajstić information content (AvgIpc) is 2.58. The van der Waals surface area contributed by atoms with Crippen molar-refractivity contribution in [2.24, 2.45) is 0 Å². The maximum Gasteiger partial charge on any atom is 0.0287 e. The van der Waals surface area contributed by atoms with E-state index in [-0.39, 0.29) is 0 Å². The van der Waals surface area contributed by atoms with Gasteiger partial charge in [0.2, 0.25) is 0 Å². The van der Waals surface area contributed by atoms with Gasteiger partial charge in [0.25, 0.3) is 0 Å². The average molecular weight is 185 g/mol. The van der Waals surface area contributed by atoms with Gasteiger partial charge in [-0.1, -0.05) is 37.6 Å². The second-order valence-corrected chi connectivity index (χ2v) is 4.67. The van der Waals surface area contributed by atoms with Crippen LogP contribution >= 0.6 is 0 Å². The van der Waals surface area contributed by atoms with Crippen LogP contribution in [-0.2, 0) is 5.41 Å². The summed E-state index contributed by atoms with van der Waals surface area (Å²) in [7, 11) is 0. The van der Waals surface area contributed by atoms with Gasteiger partial charge in [-0.2, -0.15) is 0 Å². The number of rotatable bonds is 1. The van der Waals surface area contributed by atoms with E-state index in [1.54, 1.807) is 0 Å². The molecule has 1 aliphatic carbocycles. The Kier molecular flexibility index (Phi) is 1.52. The lowest BCUT2D eigenvalue weighted by Crippen LogP contribution is -2.30. The van der Waals surface area contributed by atoms with Crippen LogP contribution in [0.5, 0.6) is 0 Å². The highest BCUT2D eigenvalue weighted by atomic mass is 14.7. The Labute approximate surface area is 84.1 Å². The van der Waals surface area contributed by atoms with E-state index in [2.05, 4.69) is 42.4 Å². The van der Waals surface area contributed by atoms with Crippen LogP contribution in [0.2, 0.25) is 0 Å². The Morgan fingerprint density at radius 2 is 2.00 bits per heavy atom. The normalized spacial score (nSPS) is 19.5. The molecule has 1 aromatic carbocycles. The zero-order valence-corrected chi connectivity index (χ0v) is 8.51. The highest BCUT2D eigenvalue weighted by molar-refractivity contribution is 5.86. The number of benzene rings is 1. The molecule has 0 bridgehead atoms. The number of nitrogens with one attached hydrogen (secondary N) is 1. The van der Waals surface area contributed by atoms with Crippen LogP contribution in [0.3, 0.4) is 0 Å². The molecule has 14 heavy (non-hydrogen) atoms. The third-order valence-corrected chi connectivity index (χ3v) is 3.66. The summed E-state index contributed by atoms with van der Waals surface area (Å²) in [6.07, 6.45) is 6.17. The second-order valence-electron chi connectivity index (χ2n) is 4.67. The summed E-state index contributed by atoms with van der Waals surface area (Å²) in [6.45, 7) is 2.37. The standard InChI is InChI=1S/C13H15N/c1-13(7-4-8-13)12-11-6-3-2-5-10(11)9-14-12/h2-3,5-6,9,14H,4,7-8H2,1H3. The smallest absolute Gasteiger partial charge is 0.0287 e. The van der Waals surface area contributed by atoms with Gasteiger partial charge in [-0.05, 0) is 18.2 Å². The number of aromatic amines is 1. The molecule has 72 valence electrons. The van der Waals surface area contributed by atoms with E-state index < -0.39 is 0 Å². The largest absolute Gasteiger partial charge is 0.363 e. The molecule has 1 N–H and O–H groups in total. The van der Waals surface area contributed by atoms with Crippen LogP contribution in [0.1, 0.15) is 31.9 Å². The number of hydrogen-bond donors (Lipinski definition) is 1. The lowest BCUT2D eigenvalue weighted by atomic mass is 9.67. The van der Waals surface area contributed by atoms with E-state index >= 15 is 0 Å². The summed E-state index contributed by atoms with van der Waals surface area (Å²) in [5.74, 6) is 0. The summed E-state index contributed by atoms with van der Waals surface area (Å²) in [4.78, 5) is 3.46. The van der Waals surface area contributed by atoms with E-state index in [4.69, 9.17) is 0 Å². The Bertz CT molecular complexity index is 463. The molecule has 1 heteroatoms. The zero-order valence-electron chi connectivity index (χ0n) is 8.51. The maximum absolute atomic E-state index is 3.46. The van der Waals surface area contributed by atoms with Crippen LogP contribution in [0.4, 0.5) is 0 Å². The van der Waals surface area contributed by atoms with Crippen LogP contribution in [0.15, 0.2) is 30.5 Å². The Morgan fingerprint density at radius 1 is 1.21 bits per heavy atom. The molecule has 0 radical (unpaired) electrons. The number of aromatic nitrogens is 1. The van der Waals surface area contributed by atoms with Crippen LogP contribution in [0, 0.1) is 0 Å². The first-order valence-corrected chi connectivity index (χ1v) is 5.36. The van der Waals surface area contributed by atoms with Crippen molar-refractivity contribution in [3.8, 4) is 0 Å². The minimum atomic E-state index is 0.420. The Hall–Kier alpha value is -1.24. The van der Waals surface area contributed by atoms with E-state index in [0.717, 1.165) is 0 Å². The van der Waals surface area contributed by atoms with Crippen LogP contribution < -0.4 is 0 Å². The summed E-state index contributed by atoms with van der Waals surface area (Å²) in [5.41, 5.74) is 1.86. The highest BCUT2D eigenvalue weighted by Crippen LogP contribution is 2.44. The molecule has 1 aromatic heterocycles. The first-order chi connectivity index (χ1) is 6.80. The second kappa shape index (κ2) is 2.63. The zero-order chi connectivity index (χ0) is 9.60. The van der Waals surface area contributed by atoms with Crippen molar-refractivity contribution in [3.63, 3.8) is 0 Å². The molecule has 1 aliphatic rings. The summed E-state index contributed by atoms with van der Waals surface area (Å²) in [6, 6.07) is 8.63. The van der Waals surface area contributed by atoms with Crippen LogP contribution in [0.25, 0.3) is 10.8 Å². The lowest BCUT2D eigenvalue weighted by molar-refractivity contribution is 0.268. The fourth-order valence-electron chi connectivity index (χ4n) is 2.53. The van der Waals surface area contributed by atoms with Gasteiger partial charge in [0.05, 0.1) is 0 Å². The van der Waals surface area contributed by atoms with E-state index in [1.807, 2.05) is 0 Å². The number of fused-ring (bicyclic) bond motifs is 1. The topological polar surface area (TPSA) is 15.8 Å². The van der Waals surface area contributed by atoms with Crippen molar-refractivity contribution in [2.75, 3.05) is 0 Å². The van der Waals surface area contributed by atoms with Crippen molar-refractivity contribution in [1.29, 1.82) is 0 Å². The molecule has 1 nitrogen and oxygen atoms in total. The van der Waals surface area contributed by atoms with Crippen molar-refractivity contribution in [2.45, 2.75) is 31.6 Å². The van der Waals surface area contributed by atoms with Crippen molar-refractivity contribution in [1.82, 2.24) is 4.98 Å². The first-order valence-electron chi connectivity index (χ1n) is 5.36. The number of hydrogen-bond acceptors (Lipinski definition) is 0. The molecule has 0 spiro atoms. The van der Waals surface area contributed by atoms with E-state index in [1.165, 1.54) is 35.7 Å².